The van der Waals surface area contributed by atoms with Gasteiger partial charge < -0.3 is 33.7 Å². The molecule has 0 bridgehead atoms. The molecule has 9 heteroatoms. The first-order chi connectivity index (χ1) is 23.6. The molecule has 7 rings (SSSR count). The van der Waals surface area contributed by atoms with E-state index in [1.807, 2.05) is 30.3 Å². The maximum Gasteiger partial charge on any atom is 0.488 e. The van der Waals surface area contributed by atoms with Crippen LogP contribution in [0.25, 0.3) is 32.3 Å². The summed E-state index contributed by atoms with van der Waals surface area (Å²) in [5.41, 5.74) is 3.61. The third-order valence-corrected chi connectivity index (χ3v) is 8.87. The second-order valence-electron chi connectivity index (χ2n) is 12.1. The Morgan fingerprint density at radius 1 is 0.521 bits per heavy atom. The molecule has 48 heavy (non-hydrogen) atoms. The molecule has 1 heterocycles. The van der Waals surface area contributed by atoms with Crippen molar-refractivity contribution < 1.29 is 33.7 Å². The van der Waals surface area contributed by atoms with Crippen LogP contribution in [-0.2, 0) is 33.8 Å². The van der Waals surface area contributed by atoms with Crippen LogP contribution in [0.3, 0.4) is 0 Å². The molecule has 0 fully saturated rings. The van der Waals surface area contributed by atoms with Gasteiger partial charge in [0.25, 0.3) is 0 Å². The third kappa shape index (κ3) is 7.42. The number of rotatable bonds is 7. The zero-order chi connectivity index (χ0) is 32.7. The van der Waals surface area contributed by atoms with Crippen LogP contribution in [0.5, 0.6) is 11.5 Å². The van der Waals surface area contributed by atoms with E-state index in [0.717, 1.165) is 11.1 Å². The fraction of sp³-hybridized carbons (Fsp3) is 0.282. The van der Waals surface area contributed by atoms with Gasteiger partial charge in [0.05, 0.1) is 39.6 Å². The molecule has 0 saturated carbocycles. The van der Waals surface area contributed by atoms with E-state index >= 15 is 0 Å². The zero-order valence-corrected chi connectivity index (χ0v) is 27.0. The van der Waals surface area contributed by atoms with Crippen LogP contribution in [0.2, 0.25) is 0 Å². The number of nitrogens with zero attached hydrogens (tertiary/aromatic N) is 1. The molecule has 2 N–H and O–H groups in total. The maximum absolute atomic E-state index is 10.2. The van der Waals surface area contributed by atoms with Gasteiger partial charge in [-0.3, -0.25) is 4.90 Å². The summed E-state index contributed by atoms with van der Waals surface area (Å²) in [5.74, 6) is 1.30. The lowest BCUT2D eigenvalue weighted by molar-refractivity contribution is 0.00708. The van der Waals surface area contributed by atoms with Crippen LogP contribution >= 0.6 is 0 Å². The summed E-state index contributed by atoms with van der Waals surface area (Å²) in [5, 5.41) is 27.9. The second-order valence-corrected chi connectivity index (χ2v) is 12.1. The Kier molecular flexibility index (Phi) is 10.3. The summed E-state index contributed by atoms with van der Waals surface area (Å²) in [6.45, 7) is 5.44. The van der Waals surface area contributed by atoms with E-state index in [2.05, 4.69) is 65.6 Å². The van der Waals surface area contributed by atoms with Crippen molar-refractivity contribution in [1.82, 2.24) is 4.90 Å². The molecule has 6 aromatic rings. The monoisotopic (exact) mass is 645 g/mol. The minimum atomic E-state index is -1.56. The first kappa shape index (κ1) is 32.3. The minimum Gasteiger partial charge on any atom is -0.487 e. The Balaban J connectivity index is 1.21. The van der Waals surface area contributed by atoms with E-state index in [4.69, 9.17) is 23.7 Å². The summed E-state index contributed by atoms with van der Waals surface area (Å²) in [7, 11) is -1.56. The molecule has 0 saturated heterocycles. The Hall–Kier alpha value is -4.22. The van der Waals surface area contributed by atoms with Crippen molar-refractivity contribution in [3.63, 3.8) is 0 Å². The van der Waals surface area contributed by atoms with Crippen molar-refractivity contribution in [2.24, 2.45) is 0 Å². The summed E-state index contributed by atoms with van der Waals surface area (Å²) in [6, 6.07) is 33.3. The highest BCUT2D eigenvalue weighted by Crippen LogP contribution is 2.37. The number of ether oxygens (including phenoxy) is 5. The van der Waals surface area contributed by atoms with Crippen molar-refractivity contribution >= 4 is 44.9 Å². The van der Waals surface area contributed by atoms with Gasteiger partial charge in [-0.15, -0.1) is 0 Å². The second kappa shape index (κ2) is 15.3. The minimum absolute atomic E-state index is 0.379. The lowest BCUT2D eigenvalue weighted by Crippen LogP contribution is -2.35. The van der Waals surface area contributed by atoms with Crippen LogP contribution in [0.4, 0.5) is 0 Å². The Labute approximate surface area is 280 Å². The highest BCUT2D eigenvalue weighted by molar-refractivity contribution is 6.59. The van der Waals surface area contributed by atoms with Crippen LogP contribution in [0.1, 0.15) is 16.7 Å². The van der Waals surface area contributed by atoms with Crippen LogP contribution in [0.15, 0.2) is 97.1 Å². The lowest BCUT2D eigenvalue weighted by Gasteiger charge is -2.26. The highest BCUT2D eigenvalue weighted by atomic mass is 16.6. The zero-order valence-electron chi connectivity index (χ0n) is 27.0. The number of benzene rings is 6. The van der Waals surface area contributed by atoms with E-state index in [1.54, 1.807) is 6.07 Å². The van der Waals surface area contributed by atoms with Gasteiger partial charge in [-0.1, -0.05) is 84.9 Å². The van der Waals surface area contributed by atoms with Crippen molar-refractivity contribution in [2.45, 2.75) is 19.6 Å². The number of fused-ring (bicyclic) bond motifs is 1. The van der Waals surface area contributed by atoms with Gasteiger partial charge in [0.15, 0.2) is 11.5 Å². The molecular weight excluding hydrogens is 605 g/mol. The van der Waals surface area contributed by atoms with Crippen LogP contribution in [-0.4, -0.2) is 74.9 Å². The smallest absolute Gasteiger partial charge is 0.487 e. The molecule has 0 amide bonds. The largest absolute Gasteiger partial charge is 0.488 e. The van der Waals surface area contributed by atoms with Gasteiger partial charge in [-0.05, 0) is 66.6 Å². The van der Waals surface area contributed by atoms with Gasteiger partial charge in [-0.2, -0.15) is 0 Å². The first-order valence-corrected chi connectivity index (χ1v) is 16.6. The van der Waals surface area contributed by atoms with Gasteiger partial charge in [-0.25, -0.2) is 0 Å². The van der Waals surface area contributed by atoms with Gasteiger partial charge in [0, 0.05) is 19.6 Å². The quantitative estimate of drug-likeness (QED) is 0.179. The maximum atomic E-state index is 10.2. The topological polar surface area (TPSA) is 89.9 Å². The molecule has 0 atom stereocenters. The first-order valence-electron chi connectivity index (χ1n) is 16.6. The molecule has 0 aliphatic carbocycles. The van der Waals surface area contributed by atoms with Gasteiger partial charge in [0.1, 0.15) is 13.2 Å². The summed E-state index contributed by atoms with van der Waals surface area (Å²) >= 11 is 0. The van der Waals surface area contributed by atoms with E-state index in [-0.39, 0.29) is 0 Å². The summed E-state index contributed by atoms with van der Waals surface area (Å²) in [6.07, 6.45) is 0. The number of hydrogen-bond acceptors (Lipinski definition) is 8. The molecule has 6 aromatic carbocycles. The lowest BCUT2D eigenvalue weighted by atomic mass is 9.77. The molecule has 8 nitrogen and oxygen atoms in total. The molecular formula is C39H40BNO7. The molecule has 1 aliphatic heterocycles. The molecule has 246 valence electrons. The van der Waals surface area contributed by atoms with Gasteiger partial charge >= 0.3 is 7.12 Å². The number of hydrogen-bond donors (Lipinski definition) is 2. The fourth-order valence-electron chi connectivity index (χ4n) is 6.62. The van der Waals surface area contributed by atoms with E-state index in [9.17, 15) is 10.0 Å². The average molecular weight is 646 g/mol. The van der Waals surface area contributed by atoms with E-state index in [0.29, 0.717) is 89.5 Å². The average Bonchev–Trinajstić information content (AvgIpc) is 3.11. The Bertz CT molecular complexity index is 1950. The van der Waals surface area contributed by atoms with E-state index in [1.165, 1.54) is 37.9 Å². The van der Waals surface area contributed by atoms with Crippen molar-refractivity contribution in [3.8, 4) is 11.5 Å². The normalized spacial score (nSPS) is 15.1. The third-order valence-electron chi connectivity index (χ3n) is 8.87. The molecule has 0 radical (unpaired) electrons. The molecule has 0 spiro atoms. The van der Waals surface area contributed by atoms with Crippen LogP contribution in [0, 0.1) is 0 Å². The van der Waals surface area contributed by atoms with Gasteiger partial charge in [0.2, 0.25) is 0 Å². The Morgan fingerprint density at radius 2 is 1.12 bits per heavy atom. The molecule has 0 unspecified atom stereocenters. The SMILES string of the molecule is OB(O)c1ccccc1CN(Cc1ccc2c(c1)OCCOCCOCCOCCO2)Cc1ccc2ccc3cccc4ccc1c2c34. The van der Waals surface area contributed by atoms with Crippen LogP contribution < -0.4 is 14.9 Å². The molecule has 0 aromatic heterocycles. The summed E-state index contributed by atoms with van der Waals surface area (Å²) in [4.78, 5) is 2.33. The highest BCUT2D eigenvalue weighted by Gasteiger charge is 2.20. The summed E-state index contributed by atoms with van der Waals surface area (Å²) < 4.78 is 29.1. The molecule has 1 aliphatic rings. The van der Waals surface area contributed by atoms with Crippen molar-refractivity contribution in [3.05, 3.63) is 114 Å². The standard InChI is InChI=1S/C39H40BNO7/c42-40(43)35-7-2-1-4-33(35)27-41(26-32-12-11-31-10-9-29-5-3-6-30-13-14-34(32)39(31)38(29)30)25-28-8-15-36-37(24-28)48-23-21-46-19-17-44-16-18-45-20-22-47-36/h1-15,24,42-43H,16-23,25-27H2. The predicted octanol–water partition coefficient (Wildman–Crippen LogP) is 5.29. The fourth-order valence-corrected chi connectivity index (χ4v) is 6.62. The van der Waals surface area contributed by atoms with Crippen molar-refractivity contribution in [2.75, 3.05) is 52.9 Å². The van der Waals surface area contributed by atoms with Crippen molar-refractivity contribution in [1.29, 1.82) is 0 Å². The Morgan fingerprint density at radius 3 is 1.85 bits per heavy atom. The predicted molar refractivity (Wildman–Crippen MR) is 189 cm³/mol. The van der Waals surface area contributed by atoms with E-state index < -0.39 is 7.12 Å².